The second-order valence-corrected chi connectivity index (χ2v) is 6.00. The van der Waals surface area contributed by atoms with Crippen LogP contribution in [-0.4, -0.2) is 43.5 Å². The Bertz CT molecular complexity index is 932. The fourth-order valence-electron chi connectivity index (χ4n) is 3.06. The molecule has 0 aliphatic carbocycles. The van der Waals surface area contributed by atoms with Crippen molar-refractivity contribution in [1.29, 1.82) is 0 Å². The van der Waals surface area contributed by atoms with Crippen molar-refractivity contribution in [2.75, 3.05) is 18.9 Å². The highest BCUT2D eigenvalue weighted by Gasteiger charge is 2.33. The van der Waals surface area contributed by atoms with Gasteiger partial charge in [0.2, 0.25) is 0 Å². The van der Waals surface area contributed by atoms with Gasteiger partial charge in [-0.3, -0.25) is 23.7 Å². The van der Waals surface area contributed by atoms with Crippen molar-refractivity contribution < 1.29 is 4.79 Å². The van der Waals surface area contributed by atoms with Crippen LogP contribution in [0.2, 0.25) is 0 Å². The standard InChI is InChI=1S/C16H20N6O3/c1-17-13-9-18-8-10(19-13)11-5-4-6-22(11)15(24)12-7-14(23)21(3)16(25)20(12)2/h7-9,11H,4-6H2,1-3H3,(H,17,19)/t11-/m0/s1. The number of hydrogen-bond acceptors (Lipinski definition) is 6. The molecule has 1 fully saturated rings. The third kappa shape index (κ3) is 2.92. The maximum absolute atomic E-state index is 13.0. The molecule has 3 rings (SSSR count). The summed E-state index contributed by atoms with van der Waals surface area (Å²) < 4.78 is 2.18. The normalized spacial score (nSPS) is 16.9. The van der Waals surface area contributed by atoms with Crippen LogP contribution in [0.3, 0.4) is 0 Å². The molecule has 0 spiro atoms. The third-order valence-electron chi connectivity index (χ3n) is 4.51. The molecule has 1 saturated heterocycles. The van der Waals surface area contributed by atoms with E-state index in [1.807, 2.05) is 0 Å². The molecule has 132 valence electrons. The maximum atomic E-state index is 13.0. The predicted molar refractivity (Wildman–Crippen MR) is 91.5 cm³/mol. The van der Waals surface area contributed by atoms with Crippen LogP contribution in [0.4, 0.5) is 5.82 Å². The smallest absolute Gasteiger partial charge is 0.331 e. The van der Waals surface area contributed by atoms with Crippen LogP contribution in [0.25, 0.3) is 0 Å². The lowest BCUT2D eigenvalue weighted by atomic mass is 10.1. The molecule has 1 aliphatic heterocycles. The lowest BCUT2D eigenvalue weighted by Crippen LogP contribution is -2.42. The Kier molecular flexibility index (Phi) is 4.39. The van der Waals surface area contributed by atoms with E-state index in [1.54, 1.807) is 24.3 Å². The Morgan fingerprint density at radius 3 is 2.72 bits per heavy atom. The van der Waals surface area contributed by atoms with Gasteiger partial charge in [0.15, 0.2) is 0 Å². The van der Waals surface area contributed by atoms with Crippen LogP contribution >= 0.6 is 0 Å². The highest BCUT2D eigenvalue weighted by Crippen LogP contribution is 2.31. The highest BCUT2D eigenvalue weighted by atomic mass is 16.2. The van der Waals surface area contributed by atoms with Crippen molar-refractivity contribution >= 4 is 11.7 Å². The number of likely N-dealkylation sites (tertiary alicyclic amines) is 1. The molecule has 0 unspecified atom stereocenters. The lowest BCUT2D eigenvalue weighted by Gasteiger charge is -2.25. The molecule has 0 saturated carbocycles. The van der Waals surface area contributed by atoms with Crippen LogP contribution in [0.5, 0.6) is 0 Å². The van der Waals surface area contributed by atoms with Gasteiger partial charge < -0.3 is 10.2 Å². The summed E-state index contributed by atoms with van der Waals surface area (Å²) >= 11 is 0. The van der Waals surface area contributed by atoms with Gasteiger partial charge in [-0.15, -0.1) is 0 Å². The van der Waals surface area contributed by atoms with Crippen LogP contribution in [-0.2, 0) is 14.1 Å². The van der Waals surface area contributed by atoms with Gasteiger partial charge in [-0.25, -0.2) is 9.78 Å². The zero-order valence-corrected chi connectivity index (χ0v) is 14.4. The summed E-state index contributed by atoms with van der Waals surface area (Å²) in [5.41, 5.74) is -0.257. The van der Waals surface area contributed by atoms with Crippen molar-refractivity contribution in [2.45, 2.75) is 18.9 Å². The van der Waals surface area contributed by atoms with Crippen molar-refractivity contribution in [3.63, 3.8) is 0 Å². The summed E-state index contributed by atoms with van der Waals surface area (Å²) in [6.07, 6.45) is 4.82. The van der Waals surface area contributed by atoms with Gasteiger partial charge in [0.05, 0.1) is 24.1 Å². The summed E-state index contributed by atoms with van der Waals surface area (Å²) in [6, 6.07) is 0.974. The lowest BCUT2D eigenvalue weighted by molar-refractivity contribution is 0.0720. The minimum Gasteiger partial charge on any atom is -0.372 e. The van der Waals surface area contributed by atoms with Crippen LogP contribution in [0.15, 0.2) is 28.0 Å². The maximum Gasteiger partial charge on any atom is 0.331 e. The first kappa shape index (κ1) is 16.9. The van der Waals surface area contributed by atoms with Gasteiger partial charge in [0.25, 0.3) is 11.5 Å². The average Bonchev–Trinajstić information content (AvgIpc) is 3.12. The monoisotopic (exact) mass is 344 g/mol. The van der Waals surface area contributed by atoms with Gasteiger partial charge >= 0.3 is 5.69 Å². The van der Waals surface area contributed by atoms with E-state index < -0.39 is 11.2 Å². The number of carbonyl (C=O) groups excluding carboxylic acids is 1. The third-order valence-corrected chi connectivity index (χ3v) is 4.51. The zero-order valence-electron chi connectivity index (χ0n) is 14.4. The molecule has 0 aromatic carbocycles. The number of anilines is 1. The molecule has 1 atom stereocenters. The SMILES string of the molecule is CNc1cncc([C@@H]2CCCN2C(=O)c2cc(=O)n(C)c(=O)n2C)n1. The molecule has 1 N–H and O–H groups in total. The second-order valence-electron chi connectivity index (χ2n) is 6.00. The Morgan fingerprint density at radius 2 is 2.00 bits per heavy atom. The summed E-state index contributed by atoms with van der Waals surface area (Å²) in [4.78, 5) is 47.3. The average molecular weight is 344 g/mol. The number of nitrogens with zero attached hydrogens (tertiary/aromatic N) is 5. The minimum absolute atomic E-state index is 0.0812. The highest BCUT2D eigenvalue weighted by molar-refractivity contribution is 5.93. The van der Waals surface area contributed by atoms with E-state index in [4.69, 9.17) is 0 Å². The van der Waals surface area contributed by atoms with Crippen LogP contribution in [0.1, 0.15) is 35.1 Å². The first-order valence-corrected chi connectivity index (χ1v) is 8.01. The number of rotatable bonds is 3. The summed E-state index contributed by atoms with van der Waals surface area (Å²) in [6.45, 7) is 0.540. The quantitative estimate of drug-likeness (QED) is 0.834. The molecular weight excluding hydrogens is 324 g/mol. The molecule has 2 aromatic heterocycles. The zero-order chi connectivity index (χ0) is 18.1. The second kappa shape index (κ2) is 6.50. The predicted octanol–water partition coefficient (Wildman–Crippen LogP) is -0.107. The van der Waals surface area contributed by atoms with Gasteiger partial charge in [-0.05, 0) is 12.8 Å². The number of hydrogen-bond donors (Lipinski definition) is 1. The summed E-state index contributed by atoms with van der Waals surface area (Å²) in [7, 11) is 4.62. The molecular formula is C16H20N6O3. The van der Waals surface area contributed by atoms with Gasteiger partial charge in [0, 0.05) is 33.8 Å². The summed E-state index contributed by atoms with van der Waals surface area (Å²) in [5, 5.41) is 2.93. The van der Waals surface area contributed by atoms with Crippen molar-refractivity contribution in [3.8, 4) is 0 Å². The molecule has 0 bridgehead atoms. The number of amides is 1. The van der Waals surface area contributed by atoms with Gasteiger partial charge in [-0.1, -0.05) is 0 Å². The molecule has 2 aromatic rings. The van der Waals surface area contributed by atoms with Gasteiger partial charge in [0.1, 0.15) is 11.5 Å². The fraction of sp³-hybridized carbons (Fsp3) is 0.438. The summed E-state index contributed by atoms with van der Waals surface area (Å²) in [5.74, 6) is 0.272. The van der Waals surface area contributed by atoms with Crippen molar-refractivity contribution in [3.05, 3.63) is 50.7 Å². The van der Waals surface area contributed by atoms with Crippen molar-refractivity contribution in [1.82, 2.24) is 24.0 Å². The molecule has 9 nitrogen and oxygen atoms in total. The van der Waals surface area contributed by atoms with E-state index in [-0.39, 0.29) is 17.6 Å². The largest absolute Gasteiger partial charge is 0.372 e. The van der Waals surface area contributed by atoms with Crippen molar-refractivity contribution in [2.24, 2.45) is 14.1 Å². The molecule has 0 radical (unpaired) electrons. The molecule has 9 heteroatoms. The Labute approximate surface area is 143 Å². The Morgan fingerprint density at radius 1 is 1.24 bits per heavy atom. The Balaban J connectivity index is 1.99. The van der Waals surface area contributed by atoms with E-state index in [1.165, 1.54) is 24.7 Å². The van der Waals surface area contributed by atoms with E-state index in [9.17, 15) is 14.4 Å². The van der Waals surface area contributed by atoms with Gasteiger partial charge in [-0.2, -0.15) is 0 Å². The molecule has 3 heterocycles. The van der Waals surface area contributed by atoms with Crippen LogP contribution < -0.4 is 16.6 Å². The fourth-order valence-corrected chi connectivity index (χ4v) is 3.06. The van der Waals surface area contributed by atoms with E-state index in [2.05, 4.69) is 15.3 Å². The van der Waals surface area contributed by atoms with E-state index >= 15 is 0 Å². The number of carbonyl (C=O) groups is 1. The number of nitrogens with one attached hydrogen (secondary N) is 1. The molecule has 1 amide bonds. The first-order valence-electron chi connectivity index (χ1n) is 8.01. The minimum atomic E-state index is -0.524. The Hall–Kier alpha value is -2.97. The van der Waals surface area contributed by atoms with Crippen LogP contribution in [0, 0.1) is 0 Å². The first-order chi connectivity index (χ1) is 11.9. The number of aromatic nitrogens is 4. The molecule has 25 heavy (non-hydrogen) atoms. The van der Waals surface area contributed by atoms with E-state index in [0.717, 1.165) is 17.4 Å². The topological polar surface area (TPSA) is 102 Å². The van der Waals surface area contributed by atoms with E-state index in [0.29, 0.717) is 18.1 Å². The molecule has 1 aliphatic rings.